The zero-order chi connectivity index (χ0) is 12.5. The van der Waals surface area contributed by atoms with Gasteiger partial charge in [-0.3, -0.25) is 4.63 Å². The average molecular weight is 238 g/mol. The highest BCUT2D eigenvalue weighted by Gasteiger charge is 2.16. The normalized spacial score (nSPS) is 10.7. The maximum absolute atomic E-state index is 11.3. The first-order chi connectivity index (χ1) is 8.77. The van der Waals surface area contributed by atoms with Gasteiger partial charge in [-0.15, -0.1) is 0 Å². The molecule has 0 aliphatic heterocycles. The predicted octanol–water partition coefficient (Wildman–Crippen LogP) is 2.52. The van der Waals surface area contributed by atoms with Gasteiger partial charge in [0.2, 0.25) is 5.52 Å². The highest BCUT2D eigenvalue weighted by atomic mass is 16.8. The van der Waals surface area contributed by atoms with Crippen molar-refractivity contribution < 1.29 is 9.53 Å². The summed E-state index contributed by atoms with van der Waals surface area (Å²) < 4.78 is 4.61. The number of hydrogen-bond acceptors (Lipinski definition) is 3. The van der Waals surface area contributed by atoms with Crippen molar-refractivity contribution in [3.05, 3.63) is 71.4 Å². The van der Waals surface area contributed by atoms with Crippen LogP contribution < -0.4 is 4.90 Å². The Balaban J connectivity index is 2.18. The van der Waals surface area contributed by atoms with Crippen LogP contribution in [-0.2, 0) is 0 Å². The van der Waals surface area contributed by atoms with Crippen LogP contribution in [0.25, 0.3) is 16.6 Å². The van der Waals surface area contributed by atoms with E-state index >= 15 is 0 Å². The second kappa shape index (κ2) is 4.00. The summed E-state index contributed by atoms with van der Waals surface area (Å²) in [6, 6.07) is 15.1. The number of rotatable bonds is 2. The molecule has 1 heterocycles. The van der Waals surface area contributed by atoms with E-state index in [1.54, 1.807) is 12.1 Å². The number of fused-ring (bicyclic) bond motifs is 1. The number of benzene rings is 2. The van der Waals surface area contributed by atoms with E-state index in [1.807, 2.05) is 36.4 Å². The molecule has 0 bridgehead atoms. The lowest BCUT2D eigenvalue weighted by Gasteiger charge is -2.04. The summed E-state index contributed by atoms with van der Waals surface area (Å²) >= 11 is 0. The van der Waals surface area contributed by atoms with E-state index < -0.39 is 0 Å². The van der Waals surface area contributed by atoms with Crippen molar-refractivity contribution in [3.63, 3.8) is 0 Å². The third kappa shape index (κ3) is 1.55. The second-order valence-electron chi connectivity index (χ2n) is 3.95. The molecule has 0 saturated carbocycles. The van der Waals surface area contributed by atoms with Crippen molar-refractivity contribution in [1.82, 2.24) is 5.16 Å². The molecule has 1 aromatic heterocycles. The maximum atomic E-state index is 11.3. The van der Waals surface area contributed by atoms with Gasteiger partial charge in [0.15, 0.2) is 0 Å². The lowest BCUT2D eigenvalue weighted by atomic mass is 9.98. The van der Waals surface area contributed by atoms with Crippen molar-refractivity contribution in [2.75, 3.05) is 0 Å². The van der Waals surface area contributed by atoms with E-state index in [-0.39, 0.29) is 0 Å². The molecule has 4 heteroatoms. The van der Waals surface area contributed by atoms with Crippen molar-refractivity contribution in [2.45, 2.75) is 0 Å². The van der Waals surface area contributed by atoms with Gasteiger partial charge >= 0.3 is 0 Å². The molecule has 0 spiro atoms. The molecule has 0 radical (unpaired) electrons. The number of hydrogen-bond donors (Lipinski definition) is 0. The Labute approximate surface area is 103 Å². The summed E-state index contributed by atoms with van der Waals surface area (Å²) in [4.78, 5) is 0.400. The third-order valence-electron chi connectivity index (χ3n) is 2.87. The molecule has 0 amide bonds. The lowest BCUT2D eigenvalue weighted by Crippen LogP contribution is -2.22. The first-order valence-corrected chi connectivity index (χ1v) is 5.50. The molecule has 0 saturated heterocycles. The van der Waals surface area contributed by atoms with E-state index in [4.69, 9.17) is 0 Å². The Morgan fingerprint density at radius 1 is 1.11 bits per heavy atom. The Morgan fingerprint density at radius 2 is 1.89 bits per heavy atom. The van der Waals surface area contributed by atoms with Crippen molar-refractivity contribution in [1.29, 1.82) is 0 Å². The molecule has 0 N–H and O–H groups in total. The largest absolute Gasteiger partial charge is 0.359 e. The molecule has 4 nitrogen and oxygen atoms in total. The summed E-state index contributed by atoms with van der Waals surface area (Å²) in [6.07, 6.45) is 0. The van der Waals surface area contributed by atoms with Crippen LogP contribution >= 0.6 is 0 Å². The van der Waals surface area contributed by atoms with Gasteiger partial charge in [0, 0.05) is 10.7 Å². The van der Waals surface area contributed by atoms with Gasteiger partial charge in [-0.05, 0) is 28.2 Å². The molecular weight excluding hydrogens is 228 g/mol. The fourth-order valence-corrected chi connectivity index (χ4v) is 1.93. The smallest absolute Gasteiger partial charge is 0.256 e. The van der Waals surface area contributed by atoms with Crippen LogP contribution in [0.4, 0.5) is 0 Å². The number of nitrogens with zero attached hydrogens (tertiary/aromatic N) is 2. The zero-order valence-corrected chi connectivity index (χ0v) is 9.54. The SMILES string of the molecule is C=C(c1ccccc1)c1cccc2c1no[n+]2[O-]. The molecule has 2 aromatic carbocycles. The zero-order valence-electron chi connectivity index (χ0n) is 9.54. The molecule has 0 fully saturated rings. The molecule has 88 valence electrons. The Morgan fingerprint density at radius 3 is 2.67 bits per heavy atom. The maximum Gasteiger partial charge on any atom is 0.256 e. The van der Waals surface area contributed by atoms with Crippen molar-refractivity contribution in [3.8, 4) is 0 Å². The predicted molar refractivity (Wildman–Crippen MR) is 67.5 cm³/mol. The highest BCUT2D eigenvalue weighted by Crippen LogP contribution is 2.26. The Bertz CT molecular complexity index is 717. The molecule has 0 atom stereocenters. The minimum absolute atomic E-state index is 0.400. The van der Waals surface area contributed by atoms with Crippen LogP contribution in [-0.4, -0.2) is 5.16 Å². The van der Waals surface area contributed by atoms with Crippen molar-refractivity contribution in [2.24, 2.45) is 0 Å². The van der Waals surface area contributed by atoms with Gasteiger partial charge < -0.3 is 5.21 Å². The van der Waals surface area contributed by atoms with Crippen molar-refractivity contribution >= 4 is 16.6 Å². The minimum Gasteiger partial charge on any atom is -0.359 e. The molecule has 0 unspecified atom stereocenters. The Kier molecular flexibility index (Phi) is 2.34. The summed E-state index contributed by atoms with van der Waals surface area (Å²) in [6.45, 7) is 4.06. The van der Waals surface area contributed by atoms with Crippen LogP contribution in [0.1, 0.15) is 11.1 Å². The van der Waals surface area contributed by atoms with Crippen LogP contribution in [0.15, 0.2) is 59.7 Å². The fourth-order valence-electron chi connectivity index (χ4n) is 1.93. The quantitative estimate of drug-likeness (QED) is 0.644. The van der Waals surface area contributed by atoms with Gasteiger partial charge in [0.25, 0.3) is 5.52 Å². The van der Waals surface area contributed by atoms with Gasteiger partial charge in [-0.25, -0.2) is 0 Å². The van der Waals surface area contributed by atoms with Gasteiger partial charge in [0.05, 0.1) is 0 Å². The molecule has 18 heavy (non-hydrogen) atoms. The van der Waals surface area contributed by atoms with Crippen LogP contribution in [0.5, 0.6) is 0 Å². The standard InChI is InChI=1S/C14H10N2O2/c1-10(11-6-3-2-4-7-11)12-8-5-9-13-14(12)15-18-16(13)17/h2-9H,1H2. The third-order valence-corrected chi connectivity index (χ3v) is 2.87. The van der Waals surface area contributed by atoms with Gasteiger partial charge in [-0.1, -0.05) is 43.0 Å². The minimum atomic E-state index is 0.400. The second-order valence-corrected chi connectivity index (χ2v) is 3.95. The van der Waals surface area contributed by atoms with E-state index in [1.165, 1.54) is 0 Å². The first-order valence-electron chi connectivity index (χ1n) is 5.50. The van der Waals surface area contributed by atoms with Crippen LogP contribution in [0, 0.1) is 5.21 Å². The van der Waals surface area contributed by atoms with E-state index in [9.17, 15) is 5.21 Å². The lowest BCUT2D eigenvalue weighted by molar-refractivity contribution is -0.782. The van der Waals surface area contributed by atoms with Crippen LogP contribution in [0.3, 0.4) is 0 Å². The summed E-state index contributed by atoms with van der Waals surface area (Å²) in [5, 5.41) is 15.1. The van der Waals surface area contributed by atoms with E-state index in [2.05, 4.69) is 16.4 Å². The molecule has 0 aliphatic rings. The van der Waals surface area contributed by atoms with E-state index in [0.29, 0.717) is 15.9 Å². The fraction of sp³-hybridized carbons (Fsp3) is 0. The topological polar surface area (TPSA) is 53.0 Å². The molecule has 3 rings (SSSR count). The van der Waals surface area contributed by atoms with Gasteiger partial charge in [0.1, 0.15) is 0 Å². The molecular formula is C14H10N2O2. The summed E-state index contributed by atoms with van der Waals surface area (Å²) in [7, 11) is 0. The first kappa shape index (κ1) is 10.5. The monoisotopic (exact) mass is 238 g/mol. The summed E-state index contributed by atoms with van der Waals surface area (Å²) in [5.74, 6) is 0. The Hall–Kier alpha value is -2.62. The summed E-state index contributed by atoms with van der Waals surface area (Å²) in [5.41, 5.74) is 3.54. The van der Waals surface area contributed by atoms with Gasteiger partial charge in [-0.2, -0.15) is 0 Å². The molecule has 0 aliphatic carbocycles. The van der Waals surface area contributed by atoms with Crippen LogP contribution in [0.2, 0.25) is 0 Å². The average Bonchev–Trinajstić information content (AvgIpc) is 2.81. The molecule has 3 aromatic rings. The highest BCUT2D eigenvalue weighted by molar-refractivity contribution is 5.91. The van der Waals surface area contributed by atoms with E-state index in [0.717, 1.165) is 16.7 Å². The number of aromatic nitrogens is 2.